The Kier molecular flexibility index (Phi) is 6.20. The third kappa shape index (κ3) is 4.74. The molecule has 4 heterocycles. The van der Waals surface area contributed by atoms with E-state index < -0.39 is 0 Å². The van der Waals surface area contributed by atoms with E-state index in [0.717, 1.165) is 18.4 Å². The summed E-state index contributed by atoms with van der Waals surface area (Å²) in [4.78, 5) is 16.6. The third-order valence-electron chi connectivity index (χ3n) is 4.75. The van der Waals surface area contributed by atoms with Crippen molar-refractivity contribution in [1.29, 1.82) is 0 Å². The van der Waals surface area contributed by atoms with Crippen LogP contribution in [0.2, 0.25) is 5.02 Å². The maximum atomic E-state index is 12.3. The van der Waals surface area contributed by atoms with Gasteiger partial charge in [-0.25, -0.2) is 0 Å². The average Bonchev–Trinajstić information content (AvgIpc) is 3.14. The molecule has 0 aromatic carbocycles. The third-order valence-corrected chi connectivity index (χ3v) is 4.97. The second-order valence-corrected chi connectivity index (χ2v) is 7.27. The molecule has 0 saturated carbocycles. The number of aryl methyl sites for hydroxylation is 1. The van der Waals surface area contributed by atoms with Crippen LogP contribution in [0.4, 0.5) is 0 Å². The maximum Gasteiger partial charge on any atom is 0.272 e. The molecular formula is C20H20ClN5O4. The number of nitrogens with zero attached hydrogens (tertiary/aromatic N) is 4. The Bertz CT molecular complexity index is 1000. The summed E-state index contributed by atoms with van der Waals surface area (Å²) in [6, 6.07) is 6.78. The molecule has 1 aliphatic heterocycles. The molecule has 1 saturated heterocycles. The van der Waals surface area contributed by atoms with Gasteiger partial charge in [-0.3, -0.25) is 9.78 Å². The maximum absolute atomic E-state index is 12.3. The van der Waals surface area contributed by atoms with E-state index in [1.807, 2.05) is 0 Å². The number of halogens is 1. The molecule has 0 bridgehead atoms. The highest BCUT2D eigenvalue weighted by Gasteiger charge is 2.19. The van der Waals surface area contributed by atoms with Gasteiger partial charge < -0.3 is 19.3 Å². The summed E-state index contributed by atoms with van der Waals surface area (Å²) in [6.45, 7) is 3.26. The van der Waals surface area contributed by atoms with E-state index in [2.05, 4.69) is 25.7 Å². The van der Waals surface area contributed by atoms with Crippen molar-refractivity contribution in [1.82, 2.24) is 25.7 Å². The van der Waals surface area contributed by atoms with Crippen LogP contribution in [0.15, 0.2) is 35.0 Å². The number of amides is 1. The lowest BCUT2D eigenvalue weighted by Gasteiger charge is -2.22. The molecule has 4 rings (SSSR count). The molecule has 10 heteroatoms. The van der Waals surface area contributed by atoms with Crippen LogP contribution in [0.25, 0.3) is 11.4 Å². The van der Waals surface area contributed by atoms with Gasteiger partial charge in [-0.05, 0) is 38.0 Å². The molecule has 156 valence electrons. The highest BCUT2D eigenvalue weighted by molar-refractivity contribution is 6.30. The van der Waals surface area contributed by atoms with Crippen molar-refractivity contribution in [2.45, 2.75) is 32.4 Å². The van der Waals surface area contributed by atoms with Gasteiger partial charge in [0.15, 0.2) is 5.69 Å². The Labute approximate surface area is 177 Å². The number of carbonyl (C=O) groups is 1. The van der Waals surface area contributed by atoms with Gasteiger partial charge in [0.25, 0.3) is 5.91 Å². The molecule has 3 aromatic heterocycles. The van der Waals surface area contributed by atoms with Crippen LogP contribution >= 0.6 is 11.6 Å². The van der Waals surface area contributed by atoms with Crippen molar-refractivity contribution in [2.24, 2.45) is 0 Å². The first-order valence-corrected chi connectivity index (χ1v) is 9.90. The number of hydrogen-bond acceptors (Lipinski definition) is 8. The van der Waals surface area contributed by atoms with Crippen molar-refractivity contribution in [3.63, 3.8) is 0 Å². The topological polar surface area (TPSA) is 112 Å². The van der Waals surface area contributed by atoms with Gasteiger partial charge in [0.2, 0.25) is 5.88 Å². The zero-order valence-corrected chi connectivity index (χ0v) is 17.1. The van der Waals surface area contributed by atoms with Crippen LogP contribution in [0.5, 0.6) is 5.88 Å². The average molecular weight is 430 g/mol. The molecule has 0 unspecified atom stereocenters. The second kappa shape index (κ2) is 9.19. The lowest BCUT2D eigenvalue weighted by Crippen LogP contribution is -2.39. The van der Waals surface area contributed by atoms with E-state index in [9.17, 15) is 4.79 Å². The number of pyridine rings is 1. The van der Waals surface area contributed by atoms with Gasteiger partial charge in [-0.2, -0.15) is 0 Å². The molecular weight excluding hydrogens is 410 g/mol. The van der Waals surface area contributed by atoms with E-state index in [-0.39, 0.29) is 30.1 Å². The lowest BCUT2D eigenvalue weighted by molar-refractivity contribution is 0.0693. The standard InChI is InChI=1S/C20H20ClN5O4/c1-12-15(19(26-30-12)16-3-2-13(21)10-22-16)11-29-18-5-4-17(24-25-18)20(27)23-14-6-8-28-9-7-14/h2-5,10,14H,6-9,11H2,1H3,(H,23,27). The molecule has 1 fully saturated rings. The van der Waals surface area contributed by atoms with Gasteiger partial charge in [0.05, 0.1) is 16.3 Å². The Morgan fingerprint density at radius 3 is 2.77 bits per heavy atom. The number of carbonyl (C=O) groups excluding carboxylic acids is 1. The van der Waals surface area contributed by atoms with Crippen LogP contribution < -0.4 is 10.1 Å². The number of nitrogens with one attached hydrogen (secondary N) is 1. The highest BCUT2D eigenvalue weighted by Crippen LogP contribution is 2.25. The predicted molar refractivity (Wildman–Crippen MR) is 107 cm³/mol. The van der Waals surface area contributed by atoms with Gasteiger partial charge in [0, 0.05) is 31.5 Å². The normalized spacial score (nSPS) is 14.5. The lowest BCUT2D eigenvalue weighted by atomic mass is 10.1. The van der Waals surface area contributed by atoms with E-state index in [1.54, 1.807) is 37.4 Å². The summed E-state index contributed by atoms with van der Waals surface area (Å²) in [6.07, 6.45) is 3.13. The van der Waals surface area contributed by atoms with E-state index in [4.69, 9.17) is 25.6 Å². The molecule has 0 spiro atoms. The van der Waals surface area contributed by atoms with Gasteiger partial charge >= 0.3 is 0 Å². The summed E-state index contributed by atoms with van der Waals surface area (Å²) in [5.74, 6) is 0.641. The number of hydrogen-bond donors (Lipinski definition) is 1. The molecule has 3 aromatic rings. The van der Waals surface area contributed by atoms with Crippen LogP contribution in [0, 0.1) is 6.92 Å². The molecule has 0 atom stereocenters. The highest BCUT2D eigenvalue weighted by atomic mass is 35.5. The SMILES string of the molecule is Cc1onc(-c2ccc(Cl)cn2)c1COc1ccc(C(=O)NC2CCOCC2)nn1. The summed E-state index contributed by atoms with van der Waals surface area (Å²) in [7, 11) is 0. The first kappa shape index (κ1) is 20.2. The quantitative estimate of drug-likeness (QED) is 0.636. The summed E-state index contributed by atoms with van der Waals surface area (Å²) in [5.41, 5.74) is 2.18. The summed E-state index contributed by atoms with van der Waals surface area (Å²) < 4.78 is 16.3. The molecule has 1 aliphatic rings. The fraction of sp³-hybridized carbons (Fsp3) is 0.350. The molecule has 1 N–H and O–H groups in total. The zero-order valence-electron chi connectivity index (χ0n) is 16.3. The van der Waals surface area contributed by atoms with Gasteiger partial charge in [-0.15, -0.1) is 10.2 Å². The number of rotatable bonds is 6. The van der Waals surface area contributed by atoms with Crippen molar-refractivity contribution in [3.05, 3.63) is 52.5 Å². The zero-order chi connectivity index (χ0) is 20.9. The van der Waals surface area contributed by atoms with E-state index in [1.165, 1.54) is 0 Å². The Hall–Kier alpha value is -3.04. The Morgan fingerprint density at radius 1 is 1.23 bits per heavy atom. The minimum atomic E-state index is -0.257. The van der Waals surface area contributed by atoms with Crippen molar-refractivity contribution in [2.75, 3.05) is 13.2 Å². The van der Waals surface area contributed by atoms with Crippen LogP contribution in [0.3, 0.4) is 0 Å². The largest absolute Gasteiger partial charge is 0.472 e. The van der Waals surface area contributed by atoms with Gasteiger partial charge in [0.1, 0.15) is 18.1 Å². The van der Waals surface area contributed by atoms with Gasteiger partial charge in [-0.1, -0.05) is 16.8 Å². The summed E-state index contributed by atoms with van der Waals surface area (Å²) in [5, 5.41) is 15.5. The first-order chi connectivity index (χ1) is 14.6. The molecule has 1 amide bonds. The van der Waals surface area contributed by atoms with Crippen LogP contribution in [-0.2, 0) is 11.3 Å². The second-order valence-electron chi connectivity index (χ2n) is 6.83. The smallest absolute Gasteiger partial charge is 0.272 e. The Balaban J connectivity index is 1.39. The minimum Gasteiger partial charge on any atom is -0.472 e. The molecule has 9 nitrogen and oxygen atoms in total. The van der Waals surface area contributed by atoms with Crippen molar-refractivity contribution in [3.8, 4) is 17.3 Å². The Morgan fingerprint density at radius 2 is 2.07 bits per heavy atom. The van der Waals surface area contributed by atoms with E-state index >= 15 is 0 Å². The fourth-order valence-corrected chi connectivity index (χ4v) is 3.16. The van der Waals surface area contributed by atoms with Crippen molar-refractivity contribution >= 4 is 17.5 Å². The summed E-state index contributed by atoms with van der Waals surface area (Å²) >= 11 is 5.89. The van der Waals surface area contributed by atoms with Crippen LogP contribution in [0.1, 0.15) is 34.7 Å². The molecule has 0 radical (unpaired) electrons. The first-order valence-electron chi connectivity index (χ1n) is 9.52. The van der Waals surface area contributed by atoms with Crippen molar-refractivity contribution < 1.29 is 18.8 Å². The fourth-order valence-electron chi connectivity index (χ4n) is 3.04. The number of aromatic nitrogens is 4. The number of ether oxygens (including phenoxy) is 2. The minimum absolute atomic E-state index is 0.0976. The molecule has 0 aliphatic carbocycles. The monoisotopic (exact) mass is 429 g/mol. The van der Waals surface area contributed by atoms with E-state index in [0.29, 0.717) is 35.4 Å². The predicted octanol–water partition coefficient (Wildman–Crippen LogP) is 2.98. The molecule has 30 heavy (non-hydrogen) atoms. The van der Waals surface area contributed by atoms with Crippen LogP contribution in [-0.4, -0.2) is 45.5 Å².